The quantitative estimate of drug-likeness (QED) is 0.555. The Labute approximate surface area is 95.5 Å². The molecule has 0 spiro atoms. The van der Waals surface area contributed by atoms with E-state index in [0.29, 0.717) is 0 Å². The van der Waals surface area contributed by atoms with Crippen LogP contribution in [0.2, 0.25) is 0 Å². The first-order chi connectivity index (χ1) is 7.47. The van der Waals surface area contributed by atoms with Gasteiger partial charge < -0.3 is 0 Å². The molecule has 0 aromatic rings. The number of nitriles is 1. The van der Waals surface area contributed by atoms with Gasteiger partial charge in [0.2, 0.25) is 0 Å². The Morgan fingerprint density at radius 2 is 2.31 bits per heavy atom. The molecule has 0 bridgehead atoms. The predicted octanol–water partition coefficient (Wildman–Crippen LogP) is 1.73. The van der Waals surface area contributed by atoms with Gasteiger partial charge >= 0.3 is 10.1 Å². The molecule has 0 N–H and O–H groups in total. The molecule has 0 aliphatic heterocycles. The topological polar surface area (TPSA) is 79.5 Å². The van der Waals surface area contributed by atoms with Crippen LogP contribution in [-0.4, -0.2) is 19.4 Å². The molecule has 5 nitrogen and oxygen atoms in total. The molecule has 1 aliphatic carbocycles. The molecule has 88 valence electrons. The summed E-state index contributed by atoms with van der Waals surface area (Å²) in [4.78, 5) is 0. The van der Waals surface area contributed by atoms with Crippen LogP contribution in [0.3, 0.4) is 0 Å². The molecule has 1 aliphatic rings. The van der Waals surface area contributed by atoms with Crippen molar-refractivity contribution < 1.29 is 12.7 Å². The molecule has 16 heavy (non-hydrogen) atoms. The minimum atomic E-state index is -3.70. The van der Waals surface area contributed by atoms with Crippen LogP contribution < -0.4 is 0 Å². The van der Waals surface area contributed by atoms with E-state index in [1.54, 1.807) is 0 Å². The normalized spacial score (nSPS) is 17.1. The van der Waals surface area contributed by atoms with Crippen molar-refractivity contribution in [1.82, 2.24) is 0 Å². The molecular weight excluding hydrogens is 228 g/mol. The summed E-state index contributed by atoms with van der Waals surface area (Å²) >= 11 is 0. The lowest BCUT2D eigenvalue weighted by Gasteiger charge is -2.04. The maximum atomic E-state index is 11.3. The fourth-order valence-electron chi connectivity index (χ4n) is 1.21. The highest BCUT2D eigenvalue weighted by Gasteiger charge is 2.19. The van der Waals surface area contributed by atoms with Crippen LogP contribution in [0.4, 0.5) is 0 Å². The van der Waals surface area contributed by atoms with Crippen LogP contribution in [0.15, 0.2) is 16.8 Å². The second-order valence-electron chi connectivity index (χ2n) is 3.79. The van der Waals surface area contributed by atoms with Gasteiger partial charge in [-0.15, -0.1) is 0 Å². The SMILES string of the molecule is CC(C)S(=O)(=O)ON=C(C#N)C1=CCCC1. The highest BCUT2D eigenvalue weighted by molar-refractivity contribution is 7.87. The summed E-state index contributed by atoms with van der Waals surface area (Å²) in [7, 11) is -3.70. The van der Waals surface area contributed by atoms with Crippen LogP contribution in [0, 0.1) is 11.3 Å². The summed E-state index contributed by atoms with van der Waals surface area (Å²) < 4.78 is 27.1. The zero-order valence-corrected chi connectivity index (χ0v) is 10.1. The lowest BCUT2D eigenvalue weighted by molar-refractivity contribution is 0.334. The van der Waals surface area contributed by atoms with Gasteiger partial charge in [-0.05, 0) is 38.7 Å². The van der Waals surface area contributed by atoms with Gasteiger partial charge in [0, 0.05) is 0 Å². The van der Waals surface area contributed by atoms with Crippen LogP contribution in [0.25, 0.3) is 0 Å². The molecule has 0 unspecified atom stereocenters. The van der Waals surface area contributed by atoms with Crippen LogP contribution in [0.5, 0.6) is 0 Å². The molecule has 0 atom stereocenters. The van der Waals surface area contributed by atoms with Crippen molar-refractivity contribution in [1.29, 1.82) is 5.26 Å². The Morgan fingerprint density at radius 1 is 1.62 bits per heavy atom. The molecule has 0 aromatic carbocycles. The first-order valence-electron chi connectivity index (χ1n) is 5.07. The fourth-order valence-corrected chi connectivity index (χ4v) is 1.56. The number of hydrogen-bond donors (Lipinski definition) is 0. The van der Waals surface area contributed by atoms with Crippen molar-refractivity contribution in [2.24, 2.45) is 5.16 Å². The third kappa shape index (κ3) is 3.07. The lowest BCUT2D eigenvalue weighted by atomic mass is 10.1. The van der Waals surface area contributed by atoms with E-state index in [4.69, 9.17) is 5.26 Å². The smallest absolute Gasteiger partial charge is 0.267 e. The van der Waals surface area contributed by atoms with E-state index < -0.39 is 15.4 Å². The molecular formula is C10H14N2O3S. The first-order valence-corrected chi connectivity index (χ1v) is 6.54. The van der Waals surface area contributed by atoms with Gasteiger partial charge in [-0.2, -0.15) is 13.7 Å². The van der Waals surface area contributed by atoms with Crippen molar-refractivity contribution in [2.45, 2.75) is 38.4 Å². The Morgan fingerprint density at radius 3 is 2.75 bits per heavy atom. The van der Waals surface area contributed by atoms with Gasteiger partial charge in [-0.1, -0.05) is 11.2 Å². The average Bonchev–Trinajstić information content (AvgIpc) is 2.71. The monoisotopic (exact) mass is 242 g/mol. The maximum absolute atomic E-state index is 11.3. The van der Waals surface area contributed by atoms with Crippen LogP contribution in [0.1, 0.15) is 33.1 Å². The van der Waals surface area contributed by atoms with Crippen molar-refractivity contribution in [3.8, 4) is 6.07 Å². The summed E-state index contributed by atoms with van der Waals surface area (Å²) in [6.45, 7) is 2.98. The summed E-state index contributed by atoms with van der Waals surface area (Å²) in [6, 6.07) is 1.85. The zero-order chi connectivity index (χ0) is 12.2. The number of allylic oxidation sites excluding steroid dienone is 2. The first kappa shape index (κ1) is 12.7. The highest BCUT2D eigenvalue weighted by atomic mass is 32.2. The summed E-state index contributed by atoms with van der Waals surface area (Å²) in [5, 5.41) is 11.6. The molecule has 0 radical (unpaired) electrons. The second-order valence-corrected chi connectivity index (χ2v) is 5.87. The van der Waals surface area contributed by atoms with Gasteiger partial charge in [0.1, 0.15) is 6.07 Å². The molecule has 0 saturated heterocycles. The van der Waals surface area contributed by atoms with Gasteiger partial charge in [-0.3, -0.25) is 4.28 Å². The maximum Gasteiger partial charge on any atom is 0.330 e. The number of oxime groups is 1. The van der Waals surface area contributed by atoms with E-state index in [1.165, 1.54) is 13.8 Å². The van der Waals surface area contributed by atoms with E-state index in [-0.39, 0.29) is 5.71 Å². The predicted molar refractivity (Wildman–Crippen MR) is 60.1 cm³/mol. The second kappa shape index (κ2) is 5.12. The zero-order valence-electron chi connectivity index (χ0n) is 9.30. The minimum absolute atomic E-state index is 0.0572. The van der Waals surface area contributed by atoms with Crippen molar-refractivity contribution in [2.75, 3.05) is 0 Å². The van der Waals surface area contributed by atoms with Crippen molar-refractivity contribution in [3.63, 3.8) is 0 Å². The minimum Gasteiger partial charge on any atom is -0.267 e. The summed E-state index contributed by atoms with van der Waals surface area (Å²) in [5.74, 6) is 0. The van der Waals surface area contributed by atoms with Crippen LogP contribution >= 0.6 is 0 Å². The largest absolute Gasteiger partial charge is 0.330 e. The van der Waals surface area contributed by atoms with Crippen molar-refractivity contribution in [3.05, 3.63) is 11.6 Å². The number of nitrogens with zero attached hydrogens (tertiary/aromatic N) is 2. The van der Waals surface area contributed by atoms with Gasteiger partial charge in [0.05, 0.1) is 5.25 Å². The Hall–Kier alpha value is -1.35. The molecule has 0 fully saturated rings. The van der Waals surface area contributed by atoms with Gasteiger partial charge in [-0.25, -0.2) is 0 Å². The Bertz CT molecular complexity index is 455. The summed E-state index contributed by atoms with van der Waals surface area (Å²) in [5.41, 5.74) is 0.822. The molecule has 1 rings (SSSR count). The molecule has 0 heterocycles. The Kier molecular flexibility index (Phi) is 4.07. The molecule has 6 heteroatoms. The van der Waals surface area contributed by atoms with E-state index in [0.717, 1.165) is 24.8 Å². The number of hydrogen-bond acceptors (Lipinski definition) is 5. The fraction of sp³-hybridized carbons (Fsp3) is 0.600. The van der Waals surface area contributed by atoms with Gasteiger partial charge in [0.15, 0.2) is 5.71 Å². The highest BCUT2D eigenvalue weighted by Crippen LogP contribution is 2.19. The van der Waals surface area contributed by atoms with E-state index in [1.807, 2.05) is 12.1 Å². The summed E-state index contributed by atoms with van der Waals surface area (Å²) in [6.07, 6.45) is 4.49. The van der Waals surface area contributed by atoms with Crippen molar-refractivity contribution >= 4 is 15.8 Å². The molecule has 0 aromatic heterocycles. The van der Waals surface area contributed by atoms with E-state index in [9.17, 15) is 8.42 Å². The van der Waals surface area contributed by atoms with Gasteiger partial charge in [0.25, 0.3) is 0 Å². The third-order valence-corrected chi connectivity index (χ3v) is 3.70. The number of rotatable bonds is 4. The van der Waals surface area contributed by atoms with Crippen LogP contribution in [-0.2, 0) is 14.4 Å². The molecule has 0 amide bonds. The lowest BCUT2D eigenvalue weighted by Crippen LogP contribution is -2.15. The average molecular weight is 242 g/mol. The standard InChI is InChI=1S/C10H14N2O3S/c1-8(2)16(13,14)15-12-10(7-11)9-5-3-4-6-9/h5,8H,3-4,6H2,1-2H3. The Balaban J connectivity index is 2.80. The third-order valence-electron chi connectivity index (χ3n) is 2.26. The van der Waals surface area contributed by atoms with E-state index in [2.05, 4.69) is 9.44 Å². The molecule has 0 saturated carbocycles. The van der Waals surface area contributed by atoms with E-state index >= 15 is 0 Å².